The largest absolute Gasteiger partial charge is 0.511 e. The van der Waals surface area contributed by atoms with Crippen LogP contribution in [0.25, 0.3) is 0 Å². The van der Waals surface area contributed by atoms with Crippen LogP contribution in [0.1, 0.15) is 33.1 Å². The summed E-state index contributed by atoms with van der Waals surface area (Å²) in [5.41, 5.74) is 2.13. The average molecular weight is 298 g/mol. The summed E-state index contributed by atoms with van der Waals surface area (Å²) < 4.78 is 0. The van der Waals surface area contributed by atoms with Crippen LogP contribution >= 0.6 is 11.6 Å². The third kappa shape index (κ3) is 4.53. The van der Waals surface area contributed by atoms with E-state index < -0.39 is 0 Å². The lowest BCUT2D eigenvalue weighted by Crippen LogP contribution is -2.23. The molecule has 0 saturated heterocycles. The van der Waals surface area contributed by atoms with Crippen molar-refractivity contribution in [1.29, 1.82) is 0 Å². The third-order valence-corrected chi connectivity index (χ3v) is 3.17. The molecule has 0 unspecified atom stereocenters. The van der Waals surface area contributed by atoms with Gasteiger partial charge in [0.25, 0.3) is 0 Å². The monoisotopic (exact) mass is 297 g/mol. The zero-order chi connectivity index (χ0) is 15.0. The fourth-order valence-electron chi connectivity index (χ4n) is 2.14. The second-order valence-electron chi connectivity index (χ2n) is 4.49. The molecule has 0 aliphatic heterocycles. The zero-order valence-electron chi connectivity index (χ0n) is 11.8. The number of aliphatic hydroxyl groups excluding tert-OH is 1. The quantitative estimate of drug-likeness (QED) is 0.350. The van der Waals surface area contributed by atoms with Crippen LogP contribution in [0.3, 0.4) is 0 Å². The molecule has 0 aromatic rings. The van der Waals surface area contributed by atoms with Crippen LogP contribution in [0.4, 0.5) is 0 Å². The van der Waals surface area contributed by atoms with E-state index in [0.717, 1.165) is 0 Å². The lowest BCUT2D eigenvalue weighted by atomic mass is 9.84. The first-order valence-electron chi connectivity index (χ1n) is 6.66. The molecule has 4 nitrogen and oxygen atoms in total. The lowest BCUT2D eigenvalue weighted by Gasteiger charge is -2.21. The summed E-state index contributed by atoms with van der Waals surface area (Å²) in [5.74, 6) is 0.0739. The Bertz CT molecular complexity index is 464. The van der Waals surface area contributed by atoms with Crippen LogP contribution in [0, 0.1) is 5.92 Å². The minimum absolute atomic E-state index is 0.0643. The topological polar surface area (TPSA) is 58.9 Å². The predicted molar refractivity (Wildman–Crippen MR) is 80.9 cm³/mol. The molecule has 0 saturated carbocycles. The van der Waals surface area contributed by atoms with Crippen LogP contribution in [-0.4, -0.2) is 23.2 Å². The smallest absolute Gasteiger partial charge is 0.168 e. The standard InChI is InChI=1S/C15H20ClNO3/c1-3-6-11-9-13(18)15(14(19)10-11)12(4-2)17-20-8-5-7-16/h3,5-7,11,18H,4,8-10H2,1-2H3/b6-3+,7-5+,17-12-/t11-/m0/s1. The van der Waals surface area contributed by atoms with Crippen molar-refractivity contribution < 1.29 is 14.7 Å². The first-order valence-corrected chi connectivity index (χ1v) is 7.10. The van der Waals surface area contributed by atoms with Crippen LogP contribution in [-0.2, 0) is 9.63 Å². The van der Waals surface area contributed by atoms with Gasteiger partial charge in [-0.25, -0.2) is 0 Å². The molecule has 0 radical (unpaired) electrons. The third-order valence-electron chi connectivity index (χ3n) is 2.99. The van der Waals surface area contributed by atoms with E-state index in [-0.39, 0.29) is 24.1 Å². The van der Waals surface area contributed by atoms with Crippen molar-refractivity contribution in [2.45, 2.75) is 33.1 Å². The Morgan fingerprint density at radius 2 is 2.30 bits per heavy atom. The molecule has 20 heavy (non-hydrogen) atoms. The molecule has 5 heteroatoms. The molecule has 1 aliphatic rings. The number of allylic oxidation sites excluding steroid dienone is 4. The van der Waals surface area contributed by atoms with Crippen molar-refractivity contribution in [3.63, 3.8) is 0 Å². The summed E-state index contributed by atoms with van der Waals surface area (Å²) >= 11 is 5.37. The van der Waals surface area contributed by atoms with Gasteiger partial charge in [-0.15, -0.1) is 0 Å². The Morgan fingerprint density at radius 3 is 2.85 bits per heavy atom. The van der Waals surface area contributed by atoms with Crippen LogP contribution in [0.15, 0.2) is 40.3 Å². The maximum atomic E-state index is 12.2. The molecule has 0 fully saturated rings. The number of Topliss-reactive ketones (excluding diaryl/α,β-unsaturated/α-hetero) is 1. The molecule has 1 aliphatic carbocycles. The molecule has 0 bridgehead atoms. The van der Waals surface area contributed by atoms with Gasteiger partial charge in [-0.3, -0.25) is 4.79 Å². The van der Waals surface area contributed by atoms with Crippen molar-refractivity contribution in [3.05, 3.63) is 35.1 Å². The molecule has 110 valence electrons. The molecule has 0 heterocycles. The predicted octanol–water partition coefficient (Wildman–Crippen LogP) is 3.89. The number of halogens is 1. The van der Waals surface area contributed by atoms with E-state index in [0.29, 0.717) is 30.5 Å². The van der Waals surface area contributed by atoms with Crippen LogP contribution in [0.5, 0.6) is 0 Å². The SMILES string of the molecule is C/C=C/[C@@H]1CC(=O)C(/C(CC)=N\OC/C=C/Cl)=C(O)C1. The summed E-state index contributed by atoms with van der Waals surface area (Å²) in [6, 6.07) is 0. The Hall–Kier alpha value is -1.55. The lowest BCUT2D eigenvalue weighted by molar-refractivity contribution is -0.116. The minimum Gasteiger partial charge on any atom is -0.511 e. The second-order valence-corrected chi connectivity index (χ2v) is 4.74. The Kier molecular flexibility index (Phi) is 7.09. The maximum Gasteiger partial charge on any atom is 0.168 e. The summed E-state index contributed by atoms with van der Waals surface area (Å²) in [6.45, 7) is 4.00. The van der Waals surface area contributed by atoms with E-state index in [1.807, 2.05) is 26.0 Å². The van der Waals surface area contributed by atoms with Gasteiger partial charge in [-0.2, -0.15) is 0 Å². The molecule has 1 N–H and O–H groups in total. The fraction of sp³-hybridized carbons (Fsp3) is 0.467. The highest BCUT2D eigenvalue weighted by molar-refractivity contribution is 6.25. The Balaban J connectivity index is 2.90. The minimum atomic E-state index is -0.0889. The van der Waals surface area contributed by atoms with E-state index in [2.05, 4.69) is 5.16 Å². The van der Waals surface area contributed by atoms with Crippen molar-refractivity contribution in [2.24, 2.45) is 11.1 Å². The summed E-state index contributed by atoms with van der Waals surface area (Å²) in [7, 11) is 0. The summed E-state index contributed by atoms with van der Waals surface area (Å²) in [6.07, 6.45) is 6.81. The van der Waals surface area contributed by atoms with Crippen molar-refractivity contribution in [2.75, 3.05) is 6.61 Å². The number of carbonyl (C=O) groups excluding carboxylic acids is 1. The molecule has 1 atom stereocenters. The Morgan fingerprint density at radius 1 is 1.55 bits per heavy atom. The van der Waals surface area contributed by atoms with Gasteiger partial charge in [0.1, 0.15) is 12.4 Å². The number of rotatable bonds is 6. The van der Waals surface area contributed by atoms with E-state index in [4.69, 9.17) is 16.4 Å². The first-order chi connectivity index (χ1) is 9.63. The number of nitrogens with zero attached hydrogens (tertiary/aromatic N) is 1. The highest BCUT2D eigenvalue weighted by Crippen LogP contribution is 2.28. The van der Waals surface area contributed by atoms with Crippen LogP contribution in [0.2, 0.25) is 0 Å². The molecule has 0 aromatic heterocycles. The van der Waals surface area contributed by atoms with Gasteiger partial charge in [-0.1, -0.05) is 35.8 Å². The van der Waals surface area contributed by atoms with Gasteiger partial charge in [0.15, 0.2) is 5.78 Å². The number of hydrogen-bond acceptors (Lipinski definition) is 4. The van der Waals surface area contributed by atoms with E-state index >= 15 is 0 Å². The van der Waals surface area contributed by atoms with E-state index in [1.54, 1.807) is 6.08 Å². The van der Waals surface area contributed by atoms with E-state index in [1.165, 1.54) is 5.54 Å². The average Bonchev–Trinajstić information content (AvgIpc) is 2.41. The van der Waals surface area contributed by atoms with Crippen molar-refractivity contribution >= 4 is 23.1 Å². The molecule has 0 aromatic carbocycles. The first kappa shape index (κ1) is 16.5. The highest BCUT2D eigenvalue weighted by Gasteiger charge is 2.29. The van der Waals surface area contributed by atoms with Gasteiger partial charge < -0.3 is 9.94 Å². The number of aliphatic hydroxyl groups is 1. The Labute approximate surface area is 124 Å². The van der Waals surface area contributed by atoms with Crippen molar-refractivity contribution in [1.82, 2.24) is 0 Å². The number of hydrogen-bond donors (Lipinski definition) is 1. The van der Waals surface area contributed by atoms with Crippen molar-refractivity contribution in [3.8, 4) is 0 Å². The summed E-state index contributed by atoms with van der Waals surface area (Å²) in [5, 5.41) is 14.0. The van der Waals surface area contributed by atoms with Gasteiger partial charge in [0.05, 0.1) is 11.3 Å². The molecule has 0 spiro atoms. The molecular formula is C15H20ClNO3. The second kappa shape index (κ2) is 8.59. The zero-order valence-corrected chi connectivity index (χ0v) is 12.6. The van der Waals surface area contributed by atoms with Gasteiger partial charge in [0.2, 0.25) is 0 Å². The van der Waals surface area contributed by atoms with Crippen LogP contribution < -0.4 is 0 Å². The number of ketones is 1. The van der Waals surface area contributed by atoms with E-state index in [9.17, 15) is 9.90 Å². The molecule has 1 rings (SSSR count). The maximum absolute atomic E-state index is 12.2. The number of oxime groups is 1. The molecular weight excluding hydrogens is 278 g/mol. The normalized spacial score (nSPS) is 21.2. The fourth-order valence-corrected chi connectivity index (χ4v) is 2.21. The highest BCUT2D eigenvalue weighted by atomic mass is 35.5. The van der Waals surface area contributed by atoms with Gasteiger partial charge in [0, 0.05) is 18.4 Å². The number of carbonyl (C=O) groups is 1. The van der Waals surface area contributed by atoms with Gasteiger partial charge in [-0.05, 0) is 25.3 Å². The van der Waals surface area contributed by atoms with Gasteiger partial charge >= 0.3 is 0 Å². The molecule has 0 amide bonds. The summed E-state index contributed by atoms with van der Waals surface area (Å²) in [4.78, 5) is 17.2.